The van der Waals surface area contributed by atoms with Gasteiger partial charge in [-0.25, -0.2) is 8.42 Å². The smallest absolute Gasteiger partial charge is 0.245 e. The Morgan fingerprint density at radius 1 is 0.938 bits per heavy atom. The molecule has 0 radical (unpaired) electrons. The number of ketones is 2. The summed E-state index contributed by atoms with van der Waals surface area (Å²) in [7, 11) is -4.28. The number of aromatic nitrogens is 1. The van der Waals surface area contributed by atoms with Crippen LogP contribution in [0.4, 0.5) is 0 Å². The Bertz CT molecular complexity index is 1280. The van der Waals surface area contributed by atoms with Gasteiger partial charge in [-0.2, -0.15) is 4.31 Å². The van der Waals surface area contributed by atoms with E-state index < -0.39 is 40.1 Å². The molecule has 1 atom stereocenters. The second kappa shape index (κ2) is 8.81. The molecule has 1 amide bonds. The maximum absolute atomic E-state index is 13.3. The van der Waals surface area contributed by atoms with E-state index >= 15 is 0 Å². The van der Waals surface area contributed by atoms with Gasteiger partial charge >= 0.3 is 0 Å². The van der Waals surface area contributed by atoms with E-state index in [1.807, 2.05) is 0 Å². The molecular formula is C23H19N3O5S. The molecule has 1 N–H and O–H groups in total. The van der Waals surface area contributed by atoms with Gasteiger partial charge in [-0.1, -0.05) is 42.5 Å². The largest absolute Gasteiger partial charge is 0.351 e. The van der Waals surface area contributed by atoms with Crippen molar-refractivity contribution in [3.05, 3.63) is 95.8 Å². The van der Waals surface area contributed by atoms with Gasteiger partial charge in [0.15, 0.2) is 17.6 Å². The van der Waals surface area contributed by atoms with E-state index in [9.17, 15) is 22.8 Å². The summed E-state index contributed by atoms with van der Waals surface area (Å²) in [6.45, 7) is -0.520. The van der Waals surface area contributed by atoms with Crippen LogP contribution < -0.4 is 5.32 Å². The van der Waals surface area contributed by atoms with Gasteiger partial charge in [0.2, 0.25) is 15.9 Å². The molecule has 4 rings (SSSR count). The topological polar surface area (TPSA) is 114 Å². The Morgan fingerprint density at radius 2 is 1.59 bits per heavy atom. The molecule has 0 saturated heterocycles. The molecule has 0 saturated carbocycles. The van der Waals surface area contributed by atoms with Crippen LogP contribution in [-0.2, 0) is 21.4 Å². The molecule has 162 valence electrons. The molecule has 1 unspecified atom stereocenters. The lowest BCUT2D eigenvalue weighted by molar-refractivity contribution is -0.121. The maximum Gasteiger partial charge on any atom is 0.245 e. The summed E-state index contributed by atoms with van der Waals surface area (Å²) in [6.07, 6.45) is 3.14. The van der Waals surface area contributed by atoms with Crippen molar-refractivity contribution in [2.45, 2.75) is 17.5 Å². The van der Waals surface area contributed by atoms with E-state index in [0.717, 1.165) is 5.56 Å². The quantitative estimate of drug-likeness (QED) is 0.454. The van der Waals surface area contributed by atoms with Crippen molar-refractivity contribution in [2.75, 3.05) is 6.54 Å². The first-order valence-corrected chi connectivity index (χ1v) is 11.2. The minimum atomic E-state index is -4.28. The van der Waals surface area contributed by atoms with Crippen molar-refractivity contribution in [2.24, 2.45) is 0 Å². The van der Waals surface area contributed by atoms with Gasteiger partial charge in [0.1, 0.15) is 0 Å². The number of fused-ring (bicyclic) bond motifs is 1. The third kappa shape index (κ3) is 4.08. The fraction of sp³-hybridized carbons (Fsp3) is 0.130. The fourth-order valence-corrected chi connectivity index (χ4v) is 5.23. The molecular weight excluding hydrogens is 430 g/mol. The highest BCUT2D eigenvalue weighted by Crippen LogP contribution is 2.31. The SMILES string of the molecule is O=C(CN1C(C(=O)c2ccccc2)C(=O)c2ccccc2S1(=O)=O)NCc1ccncc1. The fourth-order valence-electron chi connectivity index (χ4n) is 3.52. The zero-order chi connectivity index (χ0) is 22.7. The molecule has 0 fully saturated rings. The third-order valence-electron chi connectivity index (χ3n) is 5.12. The van der Waals surface area contributed by atoms with Gasteiger partial charge < -0.3 is 5.32 Å². The first-order valence-electron chi connectivity index (χ1n) is 9.79. The van der Waals surface area contributed by atoms with Crippen molar-refractivity contribution < 1.29 is 22.8 Å². The van der Waals surface area contributed by atoms with E-state index in [2.05, 4.69) is 10.3 Å². The molecule has 9 heteroatoms. The molecule has 2 heterocycles. The highest BCUT2D eigenvalue weighted by molar-refractivity contribution is 7.89. The predicted octanol–water partition coefficient (Wildman–Crippen LogP) is 1.84. The summed E-state index contributed by atoms with van der Waals surface area (Å²) in [5.41, 5.74) is 0.894. The number of carbonyl (C=O) groups excluding carboxylic acids is 3. The Morgan fingerprint density at radius 3 is 2.31 bits per heavy atom. The van der Waals surface area contributed by atoms with Gasteiger partial charge in [-0.15, -0.1) is 0 Å². The number of pyridine rings is 1. The highest BCUT2D eigenvalue weighted by atomic mass is 32.2. The second-order valence-corrected chi connectivity index (χ2v) is 9.03. The summed E-state index contributed by atoms with van der Waals surface area (Å²) in [5, 5.41) is 2.63. The number of nitrogens with one attached hydrogen (secondary N) is 1. The van der Waals surface area contributed by atoms with Crippen LogP contribution in [0.2, 0.25) is 0 Å². The predicted molar refractivity (Wildman–Crippen MR) is 115 cm³/mol. The van der Waals surface area contributed by atoms with Gasteiger partial charge in [0.05, 0.1) is 11.4 Å². The average molecular weight is 449 g/mol. The Labute approximate surface area is 185 Å². The lowest BCUT2D eigenvalue weighted by Gasteiger charge is -2.33. The maximum atomic E-state index is 13.3. The Kier molecular flexibility index (Phi) is 5.93. The summed E-state index contributed by atoms with van der Waals surface area (Å²) in [4.78, 5) is 42.8. The van der Waals surface area contributed by atoms with Gasteiger partial charge in [-0.3, -0.25) is 19.4 Å². The van der Waals surface area contributed by atoms with Crippen molar-refractivity contribution in [3.63, 3.8) is 0 Å². The second-order valence-electron chi connectivity index (χ2n) is 7.18. The number of benzene rings is 2. The summed E-state index contributed by atoms with van der Waals surface area (Å²) in [6, 6.07) is 15.4. The summed E-state index contributed by atoms with van der Waals surface area (Å²) < 4.78 is 27.4. The standard InChI is InChI=1S/C23H19N3O5S/c27-20(25-14-16-10-12-24-13-11-16)15-26-21(22(28)17-6-2-1-3-7-17)23(29)18-8-4-5-9-19(18)32(26,30)31/h1-13,21H,14-15H2,(H,25,27). The van der Waals surface area contributed by atoms with E-state index in [0.29, 0.717) is 4.31 Å². The van der Waals surface area contributed by atoms with E-state index in [1.165, 1.54) is 36.4 Å². The molecule has 0 aliphatic carbocycles. The van der Waals surface area contributed by atoms with Crippen LogP contribution in [0.3, 0.4) is 0 Å². The zero-order valence-corrected chi connectivity index (χ0v) is 17.7. The van der Waals surface area contributed by atoms with Crippen LogP contribution in [0.1, 0.15) is 26.3 Å². The molecule has 32 heavy (non-hydrogen) atoms. The van der Waals surface area contributed by atoms with Crippen LogP contribution in [0.25, 0.3) is 0 Å². The number of rotatable bonds is 6. The average Bonchev–Trinajstić information content (AvgIpc) is 2.82. The normalized spacial score (nSPS) is 17.4. The first kappa shape index (κ1) is 21.5. The monoisotopic (exact) mass is 449 g/mol. The van der Waals surface area contributed by atoms with Crippen molar-refractivity contribution in [1.29, 1.82) is 0 Å². The molecule has 8 nitrogen and oxygen atoms in total. The van der Waals surface area contributed by atoms with Gasteiger partial charge in [-0.05, 0) is 29.8 Å². The lowest BCUT2D eigenvalue weighted by Crippen LogP contribution is -2.56. The van der Waals surface area contributed by atoms with Crippen molar-refractivity contribution in [1.82, 2.24) is 14.6 Å². The summed E-state index contributed by atoms with van der Waals surface area (Å²) >= 11 is 0. The van der Waals surface area contributed by atoms with Crippen LogP contribution in [0, 0.1) is 0 Å². The van der Waals surface area contributed by atoms with Crippen LogP contribution >= 0.6 is 0 Å². The third-order valence-corrected chi connectivity index (χ3v) is 6.99. The minimum Gasteiger partial charge on any atom is -0.351 e. The number of sulfonamides is 1. The van der Waals surface area contributed by atoms with Crippen LogP contribution in [-0.4, -0.2) is 47.8 Å². The molecule has 2 aromatic carbocycles. The van der Waals surface area contributed by atoms with Crippen molar-refractivity contribution in [3.8, 4) is 0 Å². The van der Waals surface area contributed by atoms with E-state index in [4.69, 9.17) is 0 Å². The lowest BCUT2D eigenvalue weighted by atomic mass is 9.96. The number of nitrogens with zero attached hydrogens (tertiary/aromatic N) is 2. The number of Topliss-reactive ketones (excluding diaryl/α,β-unsaturated/α-hetero) is 2. The number of carbonyl (C=O) groups is 3. The molecule has 3 aromatic rings. The van der Waals surface area contributed by atoms with E-state index in [-0.39, 0.29) is 22.6 Å². The molecule has 0 bridgehead atoms. The number of amides is 1. The van der Waals surface area contributed by atoms with Gasteiger partial charge in [0, 0.05) is 30.1 Å². The minimum absolute atomic E-state index is 0.0600. The molecule has 1 aliphatic heterocycles. The van der Waals surface area contributed by atoms with E-state index in [1.54, 1.807) is 42.7 Å². The number of hydrogen-bond acceptors (Lipinski definition) is 6. The Balaban J connectivity index is 1.68. The molecule has 1 aromatic heterocycles. The number of hydrogen-bond donors (Lipinski definition) is 1. The Hall–Kier alpha value is -3.69. The molecule has 0 spiro atoms. The van der Waals surface area contributed by atoms with Crippen LogP contribution in [0.15, 0.2) is 84.0 Å². The van der Waals surface area contributed by atoms with Gasteiger partial charge in [0.25, 0.3) is 0 Å². The summed E-state index contributed by atoms with van der Waals surface area (Å²) in [5.74, 6) is -1.98. The molecule has 1 aliphatic rings. The highest BCUT2D eigenvalue weighted by Gasteiger charge is 2.48. The zero-order valence-electron chi connectivity index (χ0n) is 16.8. The van der Waals surface area contributed by atoms with Crippen LogP contribution in [0.5, 0.6) is 0 Å². The first-order chi connectivity index (χ1) is 15.4. The van der Waals surface area contributed by atoms with Crippen molar-refractivity contribution >= 4 is 27.5 Å².